The largest absolute Gasteiger partial charge is 0.497 e. The number of ether oxygens (including phenoxy) is 1. The Bertz CT molecular complexity index is 1200. The van der Waals surface area contributed by atoms with Crippen molar-refractivity contribution in [2.75, 3.05) is 37.0 Å². The van der Waals surface area contributed by atoms with Crippen molar-refractivity contribution in [3.05, 3.63) is 54.7 Å². The lowest BCUT2D eigenvalue weighted by molar-refractivity contribution is -0.131. The summed E-state index contributed by atoms with van der Waals surface area (Å²) in [6.45, 7) is 5.93. The van der Waals surface area contributed by atoms with Gasteiger partial charge in [-0.1, -0.05) is 0 Å². The van der Waals surface area contributed by atoms with E-state index in [0.717, 1.165) is 16.6 Å². The van der Waals surface area contributed by atoms with Crippen LogP contribution >= 0.6 is 0 Å². The Hall–Kier alpha value is -3.81. The van der Waals surface area contributed by atoms with E-state index in [1.54, 1.807) is 29.0 Å². The molecule has 8 nitrogen and oxygen atoms in total. The number of anilines is 2. The lowest BCUT2D eigenvalue weighted by Gasteiger charge is -2.19. The fraction of sp³-hybridized carbons (Fsp3) is 0.346. The first-order valence-corrected chi connectivity index (χ1v) is 11.6. The van der Waals surface area contributed by atoms with Crippen LogP contribution < -0.4 is 15.0 Å². The molecule has 0 spiro atoms. The van der Waals surface area contributed by atoms with Gasteiger partial charge in [0, 0.05) is 54.5 Å². The third-order valence-corrected chi connectivity index (χ3v) is 6.34. The third kappa shape index (κ3) is 4.76. The highest BCUT2D eigenvalue weighted by Gasteiger charge is 2.35. The van der Waals surface area contributed by atoms with E-state index >= 15 is 0 Å². The maximum Gasteiger partial charge on any atom is 0.242 e. The summed E-state index contributed by atoms with van der Waals surface area (Å²) in [7, 11) is 1.59. The van der Waals surface area contributed by atoms with Crippen molar-refractivity contribution in [3.63, 3.8) is 0 Å². The molecule has 34 heavy (non-hydrogen) atoms. The van der Waals surface area contributed by atoms with Crippen LogP contribution in [0.25, 0.3) is 10.9 Å². The molecule has 1 atom stereocenters. The number of aromatic nitrogens is 1. The summed E-state index contributed by atoms with van der Waals surface area (Å²) in [5.41, 5.74) is 2.35. The van der Waals surface area contributed by atoms with Gasteiger partial charge in [0.2, 0.25) is 17.7 Å². The van der Waals surface area contributed by atoms with Crippen molar-refractivity contribution in [3.8, 4) is 5.75 Å². The standard InChI is InChI=1S/C26H30N4O4/c1-4-28(5-2)25(32)17-29-13-12-18-14-20(6-11-23(18)29)27-26(33)19-15-24(31)30(16-19)21-7-9-22(34-3)10-8-21/h6-14,19H,4-5,15-17H2,1-3H3,(H,27,33). The first-order valence-electron chi connectivity index (χ1n) is 11.6. The molecule has 1 N–H and O–H groups in total. The summed E-state index contributed by atoms with van der Waals surface area (Å²) in [6.07, 6.45) is 2.06. The number of carbonyl (C=O) groups is 3. The molecule has 2 aromatic carbocycles. The van der Waals surface area contributed by atoms with Crippen LogP contribution in [0.5, 0.6) is 5.75 Å². The van der Waals surface area contributed by atoms with E-state index in [-0.39, 0.29) is 30.7 Å². The normalized spacial score (nSPS) is 15.6. The zero-order chi connectivity index (χ0) is 24.2. The minimum absolute atomic E-state index is 0.0734. The lowest BCUT2D eigenvalue weighted by Crippen LogP contribution is -2.33. The molecule has 1 unspecified atom stereocenters. The Morgan fingerprint density at radius 2 is 1.82 bits per heavy atom. The van der Waals surface area contributed by atoms with Crippen LogP contribution in [0.1, 0.15) is 20.3 Å². The third-order valence-electron chi connectivity index (χ3n) is 6.34. The van der Waals surface area contributed by atoms with Crippen molar-refractivity contribution in [1.29, 1.82) is 0 Å². The van der Waals surface area contributed by atoms with Crippen LogP contribution in [-0.4, -0.2) is 53.9 Å². The van der Waals surface area contributed by atoms with Gasteiger partial charge in [-0.2, -0.15) is 0 Å². The molecule has 0 saturated carbocycles. The van der Waals surface area contributed by atoms with Gasteiger partial charge in [-0.15, -0.1) is 0 Å². The van der Waals surface area contributed by atoms with Gasteiger partial charge in [-0.3, -0.25) is 14.4 Å². The quantitative estimate of drug-likeness (QED) is 0.555. The Morgan fingerprint density at radius 1 is 1.09 bits per heavy atom. The van der Waals surface area contributed by atoms with Crippen LogP contribution in [-0.2, 0) is 20.9 Å². The zero-order valence-corrected chi connectivity index (χ0v) is 19.8. The first-order chi connectivity index (χ1) is 16.4. The summed E-state index contributed by atoms with van der Waals surface area (Å²) in [6, 6.07) is 14.8. The fourth-order valence-electron chi connectivity index (χ4n) is 4.38. The van der Waals surface area contributed by atoms with Crippen molar-refractivity contribution in [2.45, 2.75) is 26.8 Å². The molecule has 1 fully saturated rings. The molecule has 8 heteroatoms. The van der Waals surface area contributed by atoms with Crippen LogP contribution in [0, 0.1) is 5.92 Å². The van der Waals surface area contributed by atoms with Gasteiger partial charge in [0.1, 0.15) is 12.3 Å². The van der Waals surface area contributed by atoms with Gasteiger partial charge in [0.05, 0.1) is 13.0 Å². The Balaban J connectivity index is 1.42. The second-order valence-corrected chi connectivity index (χ2v) is 8.38. The zero-order valence-electron chi connectivity index (χ0n) is 19.8. The van der Waals surface area contributed by atoms with Crippen LogP contribution in [0.4, 0.5) is 11.4 Å². The average Bonchev–Trinajstić information content (AvgIpc) is 3.43. The molecular formula is C26H30N4O4. The Labute approximate surface area is 199 Å². The molecule has 3 aromatic rings. The first kappa shape index (κ1) is 23.4. The van der Waals surface area contributed by atoms with Gasteiger partial charge in [-0.25, -0.2) is 0 Å². The molecular weight excluding hydrogens is 432 g/mol. The number of benzene rings is 2. The highest BCUT2D eigenvalue weighted by atomic mass is 16.5. The van der Waals surface area contributed by atoms with Gasteiger partial charge in [0.15, 0.2) is 0 Å². The number of nitrogens with one attached hydrogen (secondary N) is 1. The predicted molar refractivity (Wildman–Crippen MR) is 132 cm³/mol. The van der Waals surface area contributed by atoms with E-state index in [1.807, 2.05) is 61.0 Å². The number of methoxy groups -OCH3 is 1. The second kappa shape index (κ2) is 9.99. The molecule has 3 amide bonds. The van der Waals surface area contributed by atoms with Gasteiger partial charge >= 0.3 is 0 Å². The van der Waals surface area contributed by atoms with Gasteiger partial charge in [0.25, 0.3) is 0 Å². The van der Waals surface area contributed by atoms with Crippen molar-refractivity contribution >= 4 is 40.0 Å². The number of rotatable bonds is 8. The molecule has 0 bridgehead atoms. The van der Waals surface area contributed by atoms with Crippen molar-refractivity contribution in [1.82, 2.24) is 9.47 Å². The maximum atomic E-state index is 12.9. The van der Waals surface area contributed by atoms with E-state index in [9.17, 15) is 14.4 Å². The maximum absolute atomic E-state index is 12.9. The van der Waals surface area contributed by atoms with Crippen LogP contribution in [0.2, 0.25) is 0 Å². The van der Waals surface area contributed by atoms with Gasteiger partial charge in [-0.05, 0) is 62.4 Å². The Morgan fingerprint density at radius 3 is 2.50 bits per heavy atom. The van der Waals surface area contributed by atoms with Crippen LogP contribution in [0.15, 0.2) is 54.7 Å². The summed E-state index contributed by atoms with van der Waals surface area (Å²) in [4.78, 5) is 41.4. The van der Waals surface area contributed by atoms with Gasteiger partial charge < -0.3 is 24.4 Å². The lowest BCUT2D eigenvalue weighted by atomic mass is 10.1. The van der Waals surface area contributed by atoms with Crippen molar-refractivity contribution in [2.24, 2.45) is 5.92 Å². The highest BCUT2D eigenvalue weighted by Crippen LogP contribution is 2.28. The van der Waals surface area contributed by atoms with E-state index in [2.05, 4.69) is 5.32 Å². The molecule has 1 aliphatic rings. The number of likely N-dealkylation sites (N-methyl/N-ethyl adjacent to an activating group) is 1. The molecule has 178 valence electrons. The van der Waals surface area contributed by atoms with E-state index in [4.69, 9.17) is 4.74 Å². The monoisotopic (exact) mass is 462 g/mol. The predicted octanol–water partition coefficient (Wildman–Crippen LogP) is 3.51. The van der Waals surface area contributed by atoms with E-state index in [1.165, 1.54) is 0 Å². The topological polar surface area (TPSA) is 83.9 Å². The minimum Gasteiger partial charge on any atom is -0.497 e. The SMILES string of the molecule is CCN(CC)C(=O)Cn1ccc2cc(NC(=O)C3CC(=O)N(c4ccc(OC)cc4)C3)ccc21. The number of hydrogen-bond donors (Lipinski definition) is 1. The smallest absolute Gasteiger partial charge is 0.242 e. The number of amides is 3. The molecule has 0 aliphatic carbocycles. The number of fused-ring (bicyclic) bond motifs is 1. The summed E-state index contributed by atoms with van der Waals surface area (Å²) < 4.78 is 7.09. The van der Waals surface area contributed by atoms with E-state index < -0.39 is 5.92 Å². The number of carbonyl (C=O) groups excluding carboxylic acids is 3. The molecule has 0 radical (unpaired) electrons. The number of hydrogen-bond acceptors (Lipinski definition) is 4. The van der Waals surface area contributed by atoms with E-state index in [0.29, 0.717) is 31.1 Å². The average molecular weight is 463 g/mol. The van der Waals surface area contributed by atoms with Crippen LogP contribution in [0.3, 0.4) is 0 Å². The molecule has 2 heterocycles. The minimum atomic E-state index is -0.429. The molecule has 1 aliphatic heterocycles. The van der Waals surface area contributed by atoms with Crippen molar-refractivity contribution < 1.29 is 19.1 Å². The summed E-state index contributed by atoms with van der Waals surface area (Å²) in [5, 5.41) is 3.89. The fourth-order valence-corrected chi connectivity index (χ4v) is 4.38. The molecule has 1 aromatic heterocycles. The number of nitrogens with zero attached hydrogens (tertiary/aromatic N) is 3. The summed E-state index contributed by atoms with van der Waals surface area (Å²) in [5.74, 6) is 0.107. The highest BCUT2D eigenvalue weighted by molar-refractivity contribution is 6.04. The summed E-state index contributed by atoms with van der Waals surface area (Å²) >= 11 is 0. The second-order valence-electron chi connectivity index (χ2n) is 8.38. The molecule has 1 saturated heterocycles. The molecule has 4 rings (SSSR count). The Kier molecular flexibility index (Phi) is 6.86.